The third kappa shape index (κ3) is 2.44. The fraction of sp³-hybridized carbons (Fsp3) is 0.462. The summed E-state index contributed by atoms with van der Waals surface area (Å²) in [7, 11) is 1.88. The lowest BCUT2D eigenvalue weighted by Crippen LogP contribution is -2.11. The van der Waals surface area contributed by atoms with E-state index in [9.17, 15) is 0 Å². The molecule has 0 aromatic carbocycles. The quantitative estimate of drug-likeness (QED) is 0.754. The Kier molecular flexibility index (Phi) is 3.28. The van der Waals surface area contributed by atoms with Gasteiger partial charge in [0.05, 0.1) is 17.6 Å². The van der Waals surface area contributed by atoms with Gasteiger partial charge in [0, 0.05) is 13.5 Å². The van der Waals surface area contributed by atoms with Crippen molar-refractivity contribution in [2.24, 2.45) is 7.05 Å². The van der Waals surface area contributed by atoms with Gasteiger partial charge in [0.2, 0.25) is 0 Å². The largest absolute Gasteiger partial charge is 0.360 e. The highest BCUT2D eigenvalue weighted by atomic mass is 15.3. The molecule has 3 aromatic rings. The fourth-order valence-electron chi connectivity index (χ4n) is 2.16. The molecular formula is C13H18N8. The summed E-state index contributed by atoms with van der Waals surface area (Å²) in [5.41, 5.74) is 0.822. The molecule has 0 spiro atoms. The maximum atomic E-state index is 4.56. The Hall–Kier alpha value is -2.51. The van der Waals surface area contributed by atoms with Crippen molar-refractivity contribution in [3.8, 4) is 0 Å². The van der Waals surface area contributed by atoms with E-state index in [1.807, 2.05) is 27.8 Å². The van der Waals surface area contributed by atoms with Crippen molar-refractivity contribution in [3.63, 3.8) is 0 Å². The molecule has 3 heterocycles. The lowest BCUT2D eigenvalue weighted by molar-refractivity contribution is 0.775. The average Bonchev–Trinajstić information content (AvgIpc) is 3.06. The lowest BCUT2D eigenvalue weighted by Gasteiger charge is -2.12. The van der Waals surface area contributed by atoms with Gasteiger partial charge in [-0.25, -0.2) is 15.0 Å². The molecule has 1 atom stereocenters. The Morgan fingerprint density at radius 3 is 2.81 bits per heavy atom. The molecule has 0 amide bonds. The van der Waals surface area contributed by atoms with Crippen LogP contribution in [0.4, 0.5) is 5.82 Å². The molecule has 0 aliphatic carbocycles. The third-order valence-corrected chi connectivity index (χ3v) is 3.31. The molecule has 110 valence electrons. The minimum absolute atomic E-state index is 0.0574. The normalized spacial score (nSPS) is 12.8. The Balaban J connectivity index is 1.99. The number of rotatable bonds is 4. The van der Waals surface area contributed by atoms with Crippen molar-refractivity contribution in [1.29, 1.82) is 0 Å². The van der Waals surface area contributed by atoms with Gasteiger partial charge in [-0.15, -0.1) is 0 Å². The molecule has 0 saturated heterocycles. The fourth-order valence-corrected chi connectivity index (χ4v) is 2.16. The van der Waals surface area contributed by atoms with Crippen LogP contribution in [0.15, 0.2) is 6.20 Å². The number of fused-ring (bicyclic) bond motifs is 1. The van der Waals surface area contributed by atoms with Crippen LogP contribution in [-0.4, -0.2) is 34.9 Å². The first-order chi connectivity index (χ1) is 10.1. The summed E-state index contributed by atoms with van der Waals surface area (Å²) in [5.74, 6) is 3.05. The number of hydrogen-bond acceptors (Lipinski definition) is 6. The number of H-pyrrole nitrogens is 1. The van der Waals surface area contributed by atoms with Crippen LogP contribution in [0.3, 0.4) is 0 Å². The van der Waals surface area contributed by atoms with Gasteiger partial charge in [-0.1, -0.05) is 6.92 Å². The maximum Gasteiger partial charge on any atom is 0.172 e. The van der Waals surface area contributed by atoms with Gasteiger partial charge in [0.1, 0.15) is 17.5 Å². The minimum atomic E-state index is -0.0574. The van der Waals surface area contributed by atoms with E-state index in [1.54, 1.807) is 10.9 Å². The summed E-state index contributed by atoms with van der Waals surface area (Å²) in [6.45, 7) is 5.91. The average molecular weight is 286 g/mol. The second-order valence-corrected chi connectivity index (χ2v) is 4.99. The van der Waals surface area contributed by atoms with Crippen LogP contribution >= 0.6 is 0 Å². The van der Waals surface area contributed by atoms with Gasteiger partial charge >= 0.3 is 0 Å². The number of anilines is 1. The molecular weight excluding hydrogens is 268 g/mol. The Labute approximate surface area is 122 Å². The van der Waals surface area contributed by atoms with E-state index in [2.05, 4.69) is 35.6 Å². The molecule has 0 saturated carbocycles. The van der Waals surface area contributed by atoms with E-state index in [0.29, 0.717) is 5.82 Å². The number of hydrogen-bond donors (Lipinski definition) is 2. The van der Waals surface area contributed by atoms with Crippen molar-refractivity contribution in [2.75, 3.05) is 5.32 Å². The maximum absolute atomic E-state index is 4.56. The Morgan fingerprint density at radius 1 is 1.33 bits per heavy atom. The van der Waals surface area contributed by atoms with Crippen molar-refractivity contribution in [2.45, 2.75) is 33.2 Å². The van der Waals surface area contributed by atoms with E-state index in [-0.39, 0.29) is 6.04 Å². The van der Waals surface area contributed by atoms with Crippen LogP contribution in [-0.2, 0) is 13.5 Å². The third-order valence-electron chi connectivity index (χ3n) is 3.31. The zero-order valence-corrected chi connectivity index (χ0v) is 12.5. The number of nitrogens with one attached hydrogen (secondary N) is 2. The standard InChI is InChI=1S/C13H18N8/c1-5-10-17-12(9-6-14-21(4)13(9)18-10)15-7(2)11-16-8(3)19-20-11/h6-7H,5H2,1-4H3,(H,15,17,18)(H,16,19,20). The van der Waals surface area contributed by atoms with Gasteiger partial charge < -0.3 is 5.32 Å². The highest BCUT2D eigenvalue weighted by Gasteiger charge is 2.16. The Bertz CT molecular complexity index is 772. The number of nitrogens with zero attached hydrogens (tertiary/aromatic N) is 6. The van der Waals surface area contributed by atoms with E-state index in [4.69, 9.17) is 0 Å². The van der Waals surface area contributed by atoms with Crippen LogP contribution in [0.2, 0.25) is 0 Å². The van der Waals surface area contributed by atoms with Crippen LogP contribution in [0, 0.1) is 6.92 Å². The summed E-state index contributed by atoms with van der Waals surface area (Å²) in [4.78, 5) is 13.4. The number of aromatic amines is 1. The molecule has 3 rings (SSSR count). The molecule has 3 aromatic heterocycles. The molecule has 1 unspecified atom stereocenters. The SMILES string of the molecule is CCc1nc(NC(C)c2n[nH]c(C)n2)c2cnn(C)c2n1. The van der Waals surface area contributed by atoms with Crippen LogP contribution in [0.1, 0.15) is 37.4 Å². The predicted octanol–water partition coefficient (Wildman–Crippen LogP) is 1.53. The second kappa shape index (κ2) is 5.12. The van der Waals surface area contributed by atoms with Gasteiger partial charge in [0.15, 0.2) is 11.5 Å². The van der Waals surface area contributed by atoms with Crippen LogP contribution in [0.25, 0.3) is 11.0 Å². The summed E-state index contributed by atoms with van der Waals surface area (Å²) in [5, 5.41) is 15.5. The molecule has 8 nitrogen and oxygen atoms in total. The van der Waals surface area contributed by atoms with Crippen molar-refractivity contribution in [3.05, 3.63) is 23.7 Å². The summed E-state index contributed by atoms with van der Waals surface area (Å²) >= 11 is 0. The van der Waals surface area contributed by atoms with E-state index >= 15 is 0 Å². The second-order valence-electron chi connectivity index (χ2n) is 4.99. The van der Waals surface area contributed by atoms with E-state index in [0.717, 1.165) is 34.9 Å². The molecule has 0 aliphatic rings. The molecule has 8 heteroatoms. The highest BCUT2D eigenvalue weighted by molar-refractivity contribution is 5.86. The van der Waals surface area contributed by atoms with Gasteiger partial charge in [-0.3, -0.25) is 9.78 Å². The van der Waals surface area contributed by atoms with Crippen LogP contribution < -0.4 is 5.32 Å². The Morgan fingerprint density at radius 2 is 2.14 bits per heavy atom. The van der Waals surface area contributed by atoms with E-state index < -0.39 is 0 Å². The minimum Gasteiger partial charge on any atom is -0.360 e. The van der Waals surface area contributed by atoms with Crippen molar-refractivity contribution < 1.29 is 0 Å². The summed E-state index contributed by atoms with van der Waals surface area (Å²) in [6.07, 6.45) is 2.54. The van der Waals surface area contributed by atoms with Gasteiger partial charge in [0.25, 0.3) is 0 Å². The number of aromatic nitrogens is 7. The molecule has 0 radical (unpaired) electrons. The molecule has 0 aliphatic heterocycles. The van der Waals surface area contributed by atoms with Crippen LogP contribution in [0.5, 0.6) is 0 Å². The first-order valence-electron chi connectivity index (χ1n) is 6.92. The molecule has 0 fully saturated rings. The smallest absolute Gasteiger partial charge is 0.172 e. The monoisotopic (exact) mass is 286 g/mol. The summed E-state index contributed by atoms with van der Waals surface area (Å²) in [6, 6.07) is -0.0574. The molecule has 2 N–H and O–H groups in total. The highest BCUT2D eigenvalue weighted by Crippen LogP contribution is 2.23. The molecule has 0 bridgehead atoms. The lowest BCUT2D eigenvalue weighted by atomic mass is 10.3. The van der Waals surface area contributed by atoms with Gasteiger partial charge in [-0.2, -0.15) is 10.2 Å². The van der Waals surface area contributed by atoms with Crippen molar-refractivity contribution in [1.82, 2.24) is 34.9 Å². The number of aryl methyl sites for hydroxylation is 3. The summed E-state index contributed by atoms with van der Waals surface area (Å²) < 4.78 is 1.75. The van der Waals surface area contributed by atoms with E-state index in [1.165, 1.54) is 0 Å². The molecule has 21 heavy (non-hydrogen) atoms. The first kappa shape index (κ1) is 13.5. The first-order valence-corrected chi connectivity index (χ1v) is 6.92. The predicted molar refractivity (Wildman–Crippen MR) is 78.8 cm³/mol. The van der Waals surface area contributed by atoms with Gasteiger partial charge in [-0.05, 0) is 13.8 Å². The topological polar surface area (TPSA) is 97.2 Å². The zero-order chi connectivity index (χ0) is 15.0. The zero-order valence-electron chi connectivity index (χ0n) is 12.5. The van der Waals surface area contributed by atoms with Crippen molar-refractivity contribution >= 4 is 16.9 Å².